The van der Waals surface area contributed by atoms with Gasteiger partial charge in [0.2, 0.25) is 0 Å². The van der Waals surface area contributed by atoms with E-state index in [0.717, 1.165) is 18.2 Å². The number of carbonyl (C=O) groups is 1. The lowest BCUT2D eigenvalue weighted by Gasteiger charge is -2.07. The molecule has 106 valence electrons. The van der Waals surface area contributed by atoms with Gasteiger partial charge in [-0.1, -0.05) is 13.3 Å². The fourth-order valence-corrected chi connectivity index (χ4v) is 1.65. The van der Waals surface area contributed by atoms with Crippen LogP contribution in [0.5, 0.6) is 5.75 Å². The molecule has 0 radical (unpaired) electrons. The Morgan fingerprint density at radius 2 is 2.05 bits per heavy atom. The summed E-state index contributed by atoms with van der Waals surface area (Å²) in [5.74, 6) is 0.0485. The highest BCUT2D eigenvalue weighted by molar-refractivity contribution is 5.78. The summed E-state index contributed by atoms with van der Waals surface area (Å²) in [5.41, 5.74) is 0.00276. The van der Waals surface area contributed by atoms with E-state index in [0.29, 0.717) is 17.9 Å². The summed E-state index contributed by atoms with van der Waals surface area (Å²) >= 11 is 0. The van der Waals surface area contributed by atoms with E-state index >= 15 is 0 Å². The molecule has 0 spiro atoms. The van der Waals surface area contributed by atoms with Crippen molar-refractivity contribution in [1.82, 2.24) is 0 Å². The number of ether oxygens (including phenoxy) is 2. The van der Waals surface area contributed by atoms with Gasteiger partial charge in [-0.25, -0.2) is 9.59 Å². The number of hydrogen-bond acceptors (Lipinski definition) is 5. The zero-order valence-electron chi connectivity index (χ0n) is 11.3. The summed E-state index contributed by atoms with van der Waals surface area (Å²) in [4.78, 5) is 22.5. The number of fused-ring (bicyclic) bond motifs is 1. The van der Waals surface area contributed by atoms with Crippen LogP contribution in [0.2, 0.25) is 0 Å². The Labute approximate surface area is 116 Å². The standard InChI is InChI=1S/C15H16O5/c1-2-3-8-18-15(17)10-19-12-6-4-11-5-7-14(16)20-13(11)9-12/h4-7,9H,2-3,8,10H2,1H3. The zero-order chi connectivity index (χ0) is 14.4. The van der Waals surface area contributed by atoms with Gasteiger partial charge >= 0.3 is 11.6 Å². The molecule has 2 rings (SSSR count). The average molecular weight is 276 g/mol. The minimum absolute atomic E-state index is 0.160. The van der Waals surface area contributed by atoms with Crippen LogP contribution in [-0.4, -0.2) is 19.2 Å². The molecule has 5 nitrogen and oxygen atoms in total. The Bertz CT molecular complexity index is 644. The van der Waals surface area contributed by atoms with Gasteiger partial charge in [0.25, 0.3) is 0 Å². The van der Waals surface area contributed by atoms with Crippen molar-refractivity contribution in [3.8, 4) is 5.75 Å². The lowest BCUT2D eigenvalue weighted by Crippen LogP contribution is -2.15. The Hall–Kier alpha value is -2.30. The summed E-state index contributed by atoms with van der Waals surface area (Å²) in [7, 11) is 0. The summed E-state index contributed by atoms with van der Waals surface area (Å²) in [6, 6.07) is 8.08. The minimum Gasteiger partial charge on any atom is -0.482 e. The van der Waals surface area contributed by atoms with Gasteiger partial charge in [0, 0.05) is 17.5 Å². The SMILES string of the molecule is CCCCOC(=O)COc1ccc2ccc(=O)oc2c1. The normalized spacial score (nSPS) is 10.4. The third-order valence-electron chi connectivity index (χ3n) is 2.71. The van der Waals surface area contributed by atoms with Crippen molar-refractivity contribution in [3.63, 3.8) is 0 Å². The molecule has 1 aromatic carbocycles. The van der Waals surface area contributed by atoms with Crippen molar-refractivity contribution in [2.45, 2.75) is 19.8 Å². The molecule has 5 heteroatoms. The molecule has 2 aromatic rings. The van der Waals surface area contributed by atoms with E-state index in [-0.39, 0.29) is 6.61 Å². The molecule has 0 bridgehead atoms. The Balaban J connectivity index is 1.96. The van der Waals surface area contributed by atoms with Crippen LogP contribution in [0.25, 0.3) is 11.0 Å². The molecule has 0 N–H and O–H groups in total. The van der Waals surface area contributed by atoms with E-state index in [4.69, 9.17) is 13.9 Å². The van der Waals surface area contributed by atoms with Crippen LogP contribution in [0.3, 0.4) is 0 Å². The van der Waals surface area contributed by atoms with Crippen LogP contribution in [0.4, 0.5) is 0 Å². The van der Waals surface area contributed by atoms with Crippen LogP contribution in [0.15, 0.2) is 39.5 Å². The second-order valence-electron chi connectivity index (χ2n) is 4.32. The number of benzene rings is 1. The van der Waals surface area contributed by atoms with E-state index in [1.165, 1.54) is 6.07 Å². The van der Waals surface area contributed by atoms with Gasteiger partial charge in [-0.05, 0) is 24.6 Å². The second-order valence-corrected chi connectivity index (χ2v) is 4.32. The molecule has 1 heterocycles. The van der Waals surface area contributed by atoms with Crippen molar-refractivity contribution in [2.75, 3.05) is 13.2 Å². The molecule has 0 atom stereocenters. The predicted molar refractivity (Wildman–Crippen MR) is 73.8 cm³/mol. The first kappa shape index (κ1) is 14.1. The molecule has 0 aliphatic rings. The maximum atomic E-state index is 11.4. The van der Waals surface area contributed by atoms with Crippen LogP contribution in [-0.2, 0) is 9.53 Å². The maximum absolute atomic E-state index is 11.4. The van der Waals surface area contributed by atoms with Gasteiger partial charge in [0.15, 0.2) is 6.61 Å². The maximum Gasteiger partial charge on any atom is 0.344 e. The molecular weight excluding hydrogens is 260 g/mol. The summed E-state index contributed by atoms with van der Waals surface area (Å²) in [6.45, 7) is 2.27. The van der Waals surface area contributed by atoms with Crippen LogP contribution < -0.4 is 10.4 Å². The van der Waals surface area contributed by atoms with Crippen LogP contribution >= 0.6 is 0 Å². The summed E-state index contributed by atoms with van der Waals surface area (Å²) in [6.07, 6.45) is 1.81. The van der Waals surface area contributed by atoms with E-state index in [1.54, 1.807) is 24.3 Å². The number of unbranched alkanes of at least 4 members (excludes halogenated alkanes) is 1. The fraction of sp³-hybridized carbons (Fsp3) is 0.333. The van der Waals surface area contributed by atoms with Gasteiger partial charge in [-0.3, -0.25) is 0 Å². The van der Waals surface area contributed by atoms with Crippen molar-refractivity contribution in [3.05, 3.63) is 40.8 Å². The van der Waals surface area contributed by atoms with Gasteiger partial charge < -0.3 is 13.9 Å². The zero-order valence-corrected chi connectivity index (χ0v) is 11.3. The Morgan fingerprint density at radius 3 is 2.85 bits per heavy atom. The number of rotatable bonds is 6. The largest absolute Gasteiger partial charge is 0.482 e. The van der Waals surface area contributed by atoms with Gasteiger partial charge in [0.05, 0.1) is 6.61 Å². The molecule has 1 aromatic heterocycles. The molecule has 0 saturated heterocycles. The first-order valence-corrected chi connectivity index (χ1v) is 6.51. The topological polar surface area (TPSA) is 65.7 Å². The molecule has 0 fully saturated rings. The minimum atomic E-state index is -0.423. The van der Waals surface area contributed by atoms with E-state index in [1.807, 2.05) is 6.92 Å². The van der Waals surface area contributed by atoms with Crippen molar-refractivity contribution in [2.24, 2.45) is 0 Å². The van der Waals surface area contributed by atoms with Crippen molar-refractivity contribution >= 4 is 16.9 Å². The van der Waals surface area contributed by atoms with Crippen LogP contribution in [0.1, 0.15) is 19.8 Å². The number of carbonyl (C=O) groups excluding carboxylic acids is 1. The van der Waals surface area contributed by atoms with Crippen molar-refractivity contribution < 1.29 is 18.7 Å². The quantitative estimate of drug-likeness (QED) is 0.461. The highest BCUT2D eigenvalue weighted by atomic mass is 16.6. The molecule has 20 heavy (non-hydrogen) atoms. The van der Waals surface area contributed by atoms with Gasteiger partial charge in [-0.2, -0.15) is 0 Å². The third-order valence-corrected chi connectivity index (χ3v) is 2.71. The van der Waals surface area contributed by atoms with E-state index < -0.39 is 11.6 Å². The number of esters is 1. The third kappa shape index (κ3) is 3.85. The van der Waals surface area contributed by atoms with Gasteiger partial charge in [0.1, 0.15) is 11.3 Å². The lowest BCUT2D eigenvalue weighted by molar-refractivity contribution is -0.146. The summed E-state index contributed by atoms with van der Waals surface area (Å²) < 4.78 is 15.3. The Kier molecular flexibility index (Phi) is 4.76. The molecular formula is C15H16O5. The highest BCUT2D eigenvalue weighted by Gasteiger charge is 2.05. The second kappa shape index (κ2) is 6.75. The average Bonchev–Trinajstić information content (AvgIpc) is 2.45. The molecule has 0 amide bonds. The first-order chi connectivity index (χ1) is 9.69. The van der Waals surface area contributed by atoms with Crippen molar-refractivity contribution in [1.29, 1.82) is 0 Å². The predicted octanol–water partition coefficient (Wildman–Crippen LogP) is 2.52. The molecule has 0 saturated carbocycles. The molecule has 0 aliphatic carbocycles. The van der Waals surface area contributed by atoms with Gasteiger partial charge in [-0.15, -0.1) is 0 Å². The molecule has 0 aliphatic heterocycles. The van der Waals surface area contributed by atoms with E-state index in [2.05, 4.69) is 0 Å². The van der Waals surface area contributed by atoms with Crippen LogP contribution in [0, 0.1) is 0 Å². The first-order valence-electron chi connectivity index (χ1n) is 6.51. The Morgan fingerprint density at radius 1 is 1.25 bits per heavy atom. The smallest absolute Gasteiger partial charge is 0.344 e. The molecule has 0 unspecified atom stereocenters. The van der Waals surface area contributed by atoms with E-state index in [9.17, 15) is 9.59 Å². The lowest BCUT2D eigenvalue weighted by atomic mass is 10.2. The highest BCUT2D eigenvalue weighted by Crippen LogP contribution is 2.19. The summed E-state index contributed by atoms with van der Waals surface area (Å²) in [5, 5.41) is 0.794. The fourth-order valence-electron chi connectivity index (χ4n) is 1.65. The monoisotopic (exact) mass is 276 g/mol. The number of hydrogen-bond donors (Lipinski definition) is 0.